The molecule has 1 aliphatic rings. The van der Waals surface area contributed by atoms with E-state index in [2.05, 4.69) is 11.6 Å². The number of thioether (sulfide) groups is 1. The molecule has 0 aliphatic heterocycles. The van der Waals surface area contributed by atoms with E-state index in [0.29, 0.717) is 10.6 Å². The summed E-state index contributed by atoms with van der Waals surface area (Å²) in [5, 5.41) is 13.5. The van der Waals surface area contributed by atoms with Gasteiger partial charge in [-0.1, -0.05) is 11.6 Å². The zero-order chi connectivity index (χ0) is 13.8. The first kappa shape index (κ1) is 14.5. The van der Waals surface area contributed by atoms with Gasteiger partial charge in [-0.25, -0.2) is 0 Å². The van der Waals surface area contributed by atoms with E-state index in [1.54, 1.807) is 0 Å². The van der Waals surface area contributed by atoms with Crippen LogP contribution in [0, 0.1) is 0 Å². The molecular weight excluding hydrogens is 282 g/mol. The predicted molar refractivity (Wildman–Crippen MR) is 80.1 cm³/mol. The van der Waals surface area contributed by atoms with Crippen molar-refractivity contribution >= 4 is 29.3 Å². The first-order chi connectivity index (χ1) is 9.10. The normalized spacial score (nSPS) is 23.1. The molecule has 0 heterocycles. The molecule has 0 unspecified atom stereocenters. The molecule has 104 valence electrons. The van der Waals surface area contributed by atoms with E-state index in [9.17, 15) is 9.90 Å². The Morgan fingerprint density at radius 3 is 2.68 bits per heavy atom. The topological polar surface area (TPSA) is 49.3 Å². The second-order valence-electron chi connectivity index (χ2n) is 4.85. The molecule has 0 aromatic heterocycles. The molecule has 1 amide bonds. The van der Waals surface area contributed by atoms with Gasteiger partial charge in [-0.05, 0) is 50.1 Å². The third kappa shape index (κ3) is 3.80. The Labute approximate surface area is 122 Å². The van der Waals surface area contributed by atoms with Crippen molar-refractivity contribution in [2.75, 3.05) is 6.26 Å². The smallest absolute Gasteiger partial charge is 0.253 e. The summed E-state index contributed by atoms with van der Waals surface area (Å²) in [5.74, 6) is -0.144. The molecular formula is C14H18ClNO2S. The highest BCUT2D eigenvalue weighted by Gasteiger charge is 2.22. The molecule has 2 rings (SSSR count). The molecule has 1 aliphatic carbocycles. The number of aromatic hydroxyl groups is 1. The minimum Gasteiger partial charge on any atom is -0.508 e. The van der Waals surface area contributed by atoms with Crippen LogP contribution in [0.2, 0.25) is 5.02 Å². The molecule has 5 heteroatoms. The standard InChI is InChI=1S/C14H18ClNO2S/c1-19-11-5-2-9(3-6-11)16-14(18)12-8-10(17)4-7-13(12)15/h4,7-9,11,17H,2-3,5-6H2,1H3,(H,16,18). The maximum Gasteiger partial charge on any atom is 0.253 e. The monoisotopic (exact) mass is 299 g/mol. The molecule has 19 heavy (non-hydrogen) atoms. The van der Waals surface area contributed by atoms with Gasteiger partial charge in [-0.15, -0.1) is 0 Å². The van der Waals surface area contributed by atoms with Gasteiger partial charge in [-0.2, -0.15) is 11.8 Å². The minimum absolute atomic E-state index is 0.0561. The fourth-order valence-corrected chi connectivity index (χ4v) is 3.34. The van der Waals surface area contributed by atoms with Gasteiger partial charge < -0.3 is 10.4 Å². The molecule has 1 aromatic carbocycles. The Bertz CT molecular complexity index is 459. The Morgan fingerprint density at radius 2 is 2.05 bits per heavy atom. The van der Waals surface area contributed by atoms with Gasteiger partial charge in [0.05, 0.1) is 10.6 Å². The van der Waals surface area contributed by atoms with E-state index in [0.717, 1.165) is 30.9 Å². The van der Waals surface area contributed by atoms with Crippen molar-refractivity contribution in [1.29, 1.82) is 0 Å². The van der Waals surface area contributed by atoms with Crippen LogP contribution in [0.1, 0.15) is 36.0 Å². The molecule has 3 nitrogen and oxygen atoms in total. The van der Waals surface area contributed by atoms with Crippen molar-refractivity contribution in [3.8, 4) is 5.75 Å². The first-order valence-corrected chi connectivity index (χ1v) is 8.09. The van der Waals surface area contributed by atoms with Gasteiger partial charge in [-0.3, -0.25) is 4.79 Å². The summed E-state index contributed by atoms with van der Waals surface area (Å²) in [4.78, 5) is 12.1. The number of rotatable bonds is 3. The molecule has 0 bridgehead atoms. The van der Waals surface area contributed by atoms with Crippen LogP contribution >= 0.6 is 23.4 Å². The van der Waals surface area contributed by atoms with Gasteiger partial charge in [0.1, 0.15) is 5.75 Å². The van der Waals surface area contributed by atoms with Gasteiger partial charge in [0.15, 0.2) is 0 Å². The number of amides is 1. The van der Waals surface area contributed by atoms with Gasteiger partial charge in [0, 0.05) is 11.3 Å². The molecule has 0 radical (unpaired) electrons. The van der Waals surface area contributed by atoms with Gasteiger partial charge in [0.25, 0.3) is 5.91 Å². The average Bonchev–Trinajstić information content (AvgIpc) is 2.42. The first-order valence-electron chi connectivity index (χ1n) is 6.42. The summed E-state index contributed by atoms with van der Waals surface area (Å²) < 4.78 is 0. The largest absolute Gasteiger partial charge is 0.508 e. The summed E-state index contributed by atoms with van der Waals surface area (Å²) in [6, 6.07) is 4.64. The number of carbonyl (C=O) groups is 1. The molecule has 1 saturated carbocycles. The highest BCUT2D eigenvalue weighted by molar-refractivity contribution is 7.99. The summed E-state index contributed by atoms with van der Waals surface area (Å²) in [6.45, 7) is 0. The van der Waals surface area contributed by atoms with Crippen LogP contribution in [0.4, 0.5) is 0 Å². The number of benzene rings is 1. The van der Waals surface area contributed by atoms with Crippen LogP contribution in [0.3, 0.4) is 0 Å². The Balaban J connectivity index is 1.96. The molecule has 0 spiro atoms. The lowest BCUT2D eigenvalue weighted by Gasteiger charge is -2.28. The minimum atomic E-state index is -0.200. The second-order valence-corrected chi connectivity index (χ2v) is 6.39. The van der Waals surface area contributed by atoms with Crippen molar-refractivity contribution in [2.45, 2.75) is 37.0 Å². The van der Waals surface area contributed by atoms with Crippen molar-refractivity contribution in [3.63, 3.8) is 0 Å². The fraction of sp³-hybridized carbons (Fsp3) is 0.500. The quantitative estimate of drug-likeness (QED) is 0.899. The highest BCUT2D eigenvalue weighted by atomic mass is 35.5. The molecule has 0 atom stereocenters. The lowest BCUT2D eigenvalue weighted by atomic mass is 9.94. The summed E-state index contributed by atoms with van der Waals surface area (Å²) >= 11 is 7.88. The summed E-state index contributed by atoms with van der Waals surface area (Å²) in [5.41, 5.74) is 0.341. The number of carbonyl (C=O) groups excluding carboxylic acids is 1. The average molecular weight is 300 g/mol. The van der Waals surface area contributed by atoms with E-state index < -0.39 is 0 Å². The van der Waals surface area contributed by atoms with Crippen molar-refractivity contribution in [2.24, 2.45) is 0 Å². The highest BCUT2D eigenvalue weighted by Crippen LogP contribution is 2.27. The zero-order valence-electron chi connectivity index (χ0n) is 10.9. The Kier molecular flexibility index (Phi) is 4.99. The molecule has 1 fully saturated rings. The van der Waals surface area contributed by atoms with Crippen LogP contribution in [0.15, 0.2) is 18.2 Å². The maximum absolute atomic E-state index is 12.1. The molecule has 0 saturated heterocycles. The van der Waals surface area contributed by atoms with Crippen molar-refractivity contribution < 1.29 is 9.90 Å². The predicted octanol–water partition coefficient (Wildman–Crippen LogP) is 3.45. The van der Waals surface area contributed by atoms with Gasteiger partial charge in [0.2, 0.25) is 0 Å². The Morgan fingerprint density at radius 1 is 1.37 bits per heavy atom. The van der Waals surface area contributed by atoms with E-state index in [1.807, 2.05) is 11.8 Å². The van der Waals surface area contributed by atoms with Gasteiger partial charge >= 0.3 is 0 Å². The SMILES string of the molecule is CSC1CCC(NC(=O)c2cc(O)ccc2Cl)CC1. The van der Waals surface area contributed by atoms with Crippen LogP contribution in [0.25, 0.3) is 0 Å². The van der Waals surface area contributed by atoms with E-state index in [4.69, 9.17) is 11.6 Å². The summed E-state index contributed by atoms with van der Waals surface area (Å²) in [7, 11) is 0. The number of hydrogen-bond donors (Lipinski definition) is 2. The van der Waals surface area contributed by atoms with Crippen LogP contribution < -0.4 is 5.32 Å². The van der Waals surface area contributed by atoms with Crippen LogP contribution in [-0.4, -0.2) is 28.6 Å². The number of halogens is 1. The number of hydrogen-bond acceptors (Lipinski definition) is 3. The zero-order valence-corrected chi connectivity index (χ0v) is 12.4. The van der Waals surface area contributed by atoms with Crippen molar-refractivity contribution in [3.05, 3.63) is 28.8 Å². The number of phenolic OH excluding ortho intramolecular Hbond substituents is 1. The lowest BCUT2D eigenvalue weighted by molar-refractivity contribution is 0.0928. The summed E-state index contributed by atoms with van der Waals surface area (Å²) in [6.07, 6.45) is 6.43. The number of phenols is 1. The molecule has 1 aromatic rings. The van der Waals surface area contributed by atoms with Crippen LogP contribution in [0.5, 0.6) is 5.75 Å². The lowest BCUT2D eigenvalue weighted by Crippen LogP contribution is -2.38. The third-order valence-electron chi connectivity index (χ3n) is 3.54. The molecule has 2 N–H and O–H groups in total. The number of nitrogens with one attached hydrogen (secondary N) is 1. The maximum atomic E-state index is 12.1. The second kappa shape index (κ2) is 6.53. The third-order valence-corrected chi connectivity index (χ3v) is 5.00. The van der Waals surface area contributed by atoms with E-state index in [-0.39, 0.29) is 17.7 Å². The van der Waals surface area contributed by atoms with E-state index >= 15 is 0 Å². The van der Waals surface area contributed by atoms with Crippen molar-refractivity contribution in [1.82, 2.24) is 5.32 Å². The fourth-order valence-electron chi connectivity index (χ4n) is 2.39. The van der Waals surface area contributed by atoms with E-state index in [1.165, 1.54) is 18.2 Å². The van der Waals surface area contributed by atoms with Crippen LogP contribution in [-0.2, 0) is 0 Å². The Hall–Kier alpha value is -0.870.